The normalized spacial score (nSPS) is 10.9. The van der Waals surface area contributed by atoms with Crippen LogP contribution in [0.15, 0.2) is 24.3 Å². The van der Waals surface area contributed by atoms with Gasteiger partial charge < -0.3 is 5.32 Å². The molecule has 98 valence electrons. The Kier molecular flexibility index (Phi) is 6.49. The van der Waals surface area contributed by atoms with Crippen LogP contribution in [-0.4, -0.2) is 31.1 Å². The first-order valence-electron chi connectivity index (χ1n) is 6.55. The van der Waals surface area contributed by atoms with Crippen molar-refractivity contribution >= 4 is 0 Å². The van der Waals surface area contributed by atoms with Gasteiger partial charge in [-0.1, -0.05) is 44.0 Å². The second-order valence-electron chi connectivity index (χ2n) is 5.00. The molecule has 0 saturated carbocycles. The van der Waals surface area contributed by atoms with Gasteiger partial charge in [-0.3, -0.25) is 4.90 Å². The molecule has 0 atom stereocenters. The van der Waals surface area contributed by atoms with Crippen molar-refractivity contribution in [3.63, 3.8) is 0 Å². The van der Waals surface area contributed by atoms with Crippen molar-refractivity contribution in [1.29, 1.82) is 0 Å². The lowest BCUT2D eigenvalue weighted by atomic mass is 10.0. The highest BCUT2D eigenvalue weighted by Gasteiger charge is 2.04. The van der Waals surface area contributed by atoms with Gasteiger partial charge in [0, 0.05) is 12.6 Å². The maximum atomic E-state index is 5.33. The van der Waals surface area contributed by atoms with Crippen LogP contribution in [0, 0.1) is 12.3 Å². The zero-order valence-electron chi connectivity index (χ0n) is 11.7. The van der Waals surface area contributed by atoms with Gasteiger partial charge in [0.25, 0.3) is 0 Å². The Labute approximate surface area is 111 Å². The van der Waals surface area contributed by atoms with Crippen LogP contribution >= 0.6 is 0 Å². The van der Waals surface area contributed by atoms with Crippen molar-refractivity contribution < 1.29 is 0 Å². The number of terminal acetylenes is 1. The largest absolute Gasteiger partial charge is 0.314 e. The monoisotopic (exact) mass is 244 g/mol. The lowest BCUT2D eigenvalue weighted by Crippen LogP contribution is -2.25. The fraction of sp³-hybridized carbons (Fsp3) is 0.500. The van der Waals surface area contributed by atoms with E-state index in [0.29, 0.717) is 12.6 Å². The first kappa shape index (κ1) is 14.8. The highest BCUT2D eigenvalue weighted by molar-refractivity contribution is 5.27. The van der Waals surface area contributed by atoms with Gasteiger partial charge in [-0.05, 0) is 31.1 Å². The highest BCUT2D eigenvalue weighted by Crippen LogP contribution is 2.11. The maximum Gasteiger partial charge on any atom is 0.0599 e. The minimum Gasteiger partial charge on any atom is -0.314 e. The van der Waals surface area contributed by atoms with Gasteiger partial charge in [0.15, 0.2) is 0 Å². The zero-order chi connectivity index (χ0) is 13.4. The summed E-state index contributed by atoms with van der Waals surface area (Å²) in [6, 6.07) is 9.15. The van der Waals surface area contributed by atoms with Gasteiger partial charge >= 0.3 is 0 Å². The van der Waals surface area contributed by atoms with E-state index in [1.807, 2.05) is 0 Å². The molecule has 18 heavy (non-hydrogen) atoms. The maximum absolute atomic E-state index is 5.33. The summed E-state index contributed by atoms with van der Waals surface area (Å²) in [5.41, 5.74) is 2.79. The second kappa shape index (κ2) is 7.92. The van der Waals surface area contributed by atoms with E-state index in [1.54, 1.807) is 0 Å². The van der Waals surface area contributed by atoms with E-state index in [2.05, 4.69) is 61.3 Å². The molecular weight excluding hydrogens is 220 g/mol. The van der Waals surface area contributed by atoms with Gasteiger partial charge in [-0.2, -0.15) is 0 Å². The Hall–Kier alpha value is -1.30. The van der Waals surface area contributed by atoms with Crippen LogP contribution in [-0.2, 0) is 13.0 Å². The second-order valence-corrected chi connectivity index (χ2v) is 5.00. The summed E-state index contributed by atoms with van der Waals surface area (Å²) in [4.78, 5) is 2.16. The van der Waals surface area contributed by atoms with Crippen LogP contribution in [0.25, 0.3) is 0 Å². The molecule has 0 aromatic heterocycles. The predicted molar refractivity (Wildman–Crippen MR) is 78.5 cm³/mol. The van der Waals surface area contributed by atoms with E-state index in [4.69, 9.17) is 6.42 Å². The Morgan fingerprint density at radius 3 is 2.56 bits per heavy atom. The van der Waals surface area contributed by atoms with E-state index in [-0.39, 0.29) is 0 Å². The third-order valence-corrected chi connectivity index (χ3v) is 2.87. The standard InChI is InChI=1S/C16H24N2/c1-5-12-18(4)13-16-9-7-6-8-15(16)10-11-17-14(2)3/h1,6-9,14,17H,10-13H2,2-4H3. The van der Waals surface area contributed by atoms with Gasteiger partial charge in [0.05, 0.1) is 6.54 Å². The van der Waals surface area contributed by atoms with Gasteiger partial charge in [0.1, 0.15) is 0 Å². The average Bonchev–Trinajstić information content (AvgIpc) is 2.31. The van der Waals surface area contributed by atoms with Crippen molar-refractivity contribution in [2.45, 2.75) is 32.9 Å². The molecule has 0 bridgehead atoms. The van der Waals surface area contributed by atoms with Crippen molar-refractivity contribution in [3.8, 4) is 12.3 Å². The first-order valence-corrected chi connectivity index (χ1v) is 6.55. The number of rotatable bonds is 7. The molecule has 1 N–H and O–H groups in total. The van der Waals surface area contributed by atoms with Crippen molar-refractivity contribution in [3.05, 3.63) is 35.4 Å². The fourth-order valence-electron chi connectivity index (χ4n) is 1.95. The van der Waals surface area contributed by atoms with E-state index < -0.39 is 0 Å². The molecule has 0 saturated heterocycles. The molecule has 0 aliphatic heterocycles. The van der Waals surface area contributed by atoms with E-state index in [9.17, 15) is 0 Å². The van der Waals surface area contributed by atoms with Gasteiger partial charge in [-0.15, -0.1) is 6.42 Å². The summed E-state index contributed by atoms with van der Waals surface area (Å²) in [5.74, 6) is 2.68. The summed E-state index contributed by atoms with van der Waals surface area (Å²) >= 11 is 0. The molecule has 0 unspecified atom stereocenters. The molecule has 1 aromatic carbocycles. The molecule has 1 rings (SSSR count). The molecule has 0 aliphatic carbocycles. The predicted octanol–water partition coefficient (Wildman–Crippen LogP) is 2.29. The minimum atomic E-state index is 0.543. The van der Waals surface area contributed by atoms with Crippen LogP contribution in [0.4, 0.5) is 0 Å². The molecule has 0 heterocycles. The SMILES string of the molecule is C#CCN(C)Cc1ccccc1CCNC(C)C. The molecule has 0 radical (unpaired) electrons. The number of hydrogen-bond acceptors (Lipinski definition) is 2. The highest BCUT2D eigenvalue weighted by atomic mass is 15.1. The summed E-state index contributed by atoms with van der Waals surface area (Å²) in [7, 11) is 2.06. The Bertz CT molecular complexity index is 390. The summed E-state index contributed by atoms with van der Waals surface area (Å²) in [5, 5.41) is 3.45. The van der Waals surface area contributed by atoms with Crippen LogP contribution in [0.3, 0.4) is 0 Å². The molecule has 0 spiro atoms. The van der Waals surface area contributed by atoms with Crippen molar-refractivity contribution in [2.24, 2.45) is 0 Å². The molecular formula is C16H24N2. The number of nitrogens with one attached hydrogen (secondary N) is 1. The average molecular weight is 244 g/mol. The Morgan fingerprint density at radius 1 is 1.28 bits per heavy atom. The van der Waals surface area contributed by atoms with Crippen LogP contribution in [0.2, 0.25) is 0 Å². The van der Waals surface area contributed by atoms with Gasteiger partial charge in [0.2, 0.25) is 0 Å². The summed E-state index contributed by atoms with van der Waals surface area (Å²) < 4.78 is 0. The van der Waals surface area contributed by atoms with E-state index >= 15 is 0 Å². The third-order valence-electron chi connectivity index (χ3n) is 2.87. The minimum absolute atomic E-state index is 0.543. The summed E-state index contributed by atoms with van der Waals surface area (Å²) in [6.45, 7) is 6.98. The summed E-state index contributed by atoms with van der Waals surface area (Å²) in [6.07, 6.45) is 6.40. The topological polar surface area (TPSA) is 15.3 Å². The lowest BCUT2D eigenvalue weighted by molar-refractivity contribution is 0.367. The van der Waals surface area contributed by atoms with Crippen molar-refractivity contribution in [1.82, 2.24) is 10.2 Å². The Balaban J connectivity index is 2.59. The number of benzene rings is 1. The lowest BCUT2D eigenvalue weighted by Gasteiger charge is -2.17. The van der Waals surface area contributed by atoms with Crippen LogP contribution < -0.4 is 5.32 Å². The fourth-order valence-corrected chi connectivity index (χ4v) is 1.95. The molecule has 0 aliphatic rings. The molecule has 2 heteroatoms. The molecule has 2 nitrogen and oxygen atoms in total. The Morgan fingerprint density at radius 2 is 1.94 bits per heavy atom. The first-order chi connectivity index (χ1) is 8.63. The smallest absolute Gasteiger partial charge is 0.0599 e. The van der Waals surface area contributed by atoms with E-state index in [0.717, 1.165) is 19.5 Å². The molecule has 1 aromatic rings. The zero-order valence-corrected chi connectivity index (χ0v) is 11.7. The van der Waals surface area contributed by atoms with Crippen molar-refractivity contribution in [2.75, 3.05) is 20.1 Å². The van der Waals surface area contributed by atoms with E-state index in [1.165, 1.54) is 11.1 Å². The van der Waals surface area contributed by atoms with Crippen LogP contribution in [0.5, 0.6) is 0 Å². The quantitative estimate of drug-likeness (QED) is 0.740. The van der Waals surface area contributed by atoms with Crippen LogP contribution in [0.1, 0.15) is 25.0 Å². The molecule has 0 amide bonds. The van der Waals surface area contributed by atoms with Gasteiger partial charge in [-0.25, -0.2) is 0 Å². The third kappa shape index (κ3) is 5.35. The molecule has 0 fully saturated rings. The number of hydrogen-bond donors (Lipinski definition) is 1. The number of nitrogens with zero attached hydrogens (tertiary/aromatic N) is 1.